The highest BCUT2D eigenvalue weighted by Crippen LogP contribution is 2.70. The van der Waals surface area contributed by atoms with Crippen LogP contribution in [-0.4, -0.2) is 70.9 Å². The second-order valence-electron chi connectivity index (χ2n) is 19.0. The van der Waals surface area contributed by atoms with Gasteiger partial charge in [-0.2, -0.15) is 0 Å². The van der Waals surface area contributed by atoms with Crippen LogP contribution in [0.2, 0.25) is 0 Å². The van der Waals surface area contributed by atoms with E-state index in [4.69, 9.17) is 22.8 Å². The van der Waals surface area contributed by atoms with Crippen LogP contribution in [0.15, 0.2) is 46.4 Å². The third kappa shape index (κ3) is 7.71. The minimum atomic E-state index is -0.707. The summed E-state index contributed by atoms with van der Waals surface area (Å²) in [7, 11) is 3.39. The van der Waals surface area contributed by atoms with E-state index in [0.29, 0.717) is 53.7 Å². The number of benzene rings is 1. The van der Waals surface area contributed by atoms with Gasteiger partial charge in [0, 0.05) is 25.9 Å². The number of rotatable bonds is 9. The summed E-state index contributed by atoms with van der Waals surface area (Å²) < 4.78 is 6.79. The Bertz CT molecular complexity index is 1530. The Morgan fingerprint density at radius 3 is 2.36 bits per heavy atom. The zero-order valence-corrected chi connectivity index (χ0v) is 32.8. The minimum Gasteiger partial charge on any atom is -0.508 e. The number of ether oxygens (including phenoxy) is 1. The van der Waals surface area contributed by atoms with E-state index in [0.717, 1.165) is 77.0 Å². The summed E-state index contributed by atoms with van der Waals surface area (Å²) in [4.78, 5) is 8.40. The molecule has 5 saturated carbocycles. The number of phenols is 1. The maximum atomic E-state index is 11.3. The second kappa shape index (κ2) is 14.7. The number of allylic oxidation sites excluding steroid dienone is 1. The molecule has 0 amide bonds. The van der Waals surface area contributed by atoms with Crippen molar-refractivity contribution < 1.29 is 20.1 Å². The molecule has 1 saturated heterocycles. The Hall–Kier alpha value is -2.82. The Morgan fingerprint density at radius 2 is 1.68 bits per heavy atom. The maximum Gasteiger partial charge on any atom is 0.189 e. The first-order valence-electron chi connectivity index (χ1n) is 20.7. The molecule has 0 aromatic heterocycles. The third-order valence-corrected chi connectivity index (χ3v) is 15.6. The Labute approximate surface area is 317 Å². The average molecular weight is 733 g/mol. The number of nitrogens with zero attached hydrogens (tertiary/aromatic N) is 2. The SMILES string of the molecule is C=C1C[C@@]2(CC[C@@H](CC[C@]3(O)CCC[C@H](O)C3)C2)[C@@H]2O[C@]2(C)CC[C@@H]2[C@@H]1C[C@]2(C)[C@H]1C[C@@H](C(NC(N)=NC)NC(N)=NC)C[C@@H]1Cc1ccc(O)cc1. The number of nitrogens with two attached hydrogens (primary N) is 2. The molecule has 7 rings (SSSR count). The fourth-order valence-corrected chi connectivity index (χ4v) is 12.8. The number of aliphatic hydroxyl groups excluding tert-OH is 1. The van der Waals surface area contributed by atoms with Gasteiger partial charge in [0.2, 0.25) is 0 Å². The predicted molar refractivity (Wildman–Crippen MR) is 211 cm³/mol. The van der Waals surface area contributed by atoms with Crippen molar-refractivity contribution in [1.82, 2.24) is 10.6 Å². The first kappa shape index (κ1) is 38.5. The average Bonchev–Trinajstić information content (AvgIpc) is 3.41. The fraction of sp³-hybridized carbons (Fsp3) is 0.767. The normalized spacial score (nSPS) is 43.5. The van der Waals surface area contributed by atoms with Crippen LogP contribution < -0.4 is 22.1 Å². The quantitative estimate of drug-likeness (QED) is 0.0553. The van der Waals surface area contributed by atoms with Gasteiger partial charge in [0.1, 0.15) is 11.9 Å². The summed E-state index contributed by atoms with van der Waals surface area (Å²) in [6, 6.07) is 7.76. The molecule has 6 aliphatic rings. The molecule has 53 heavy (non-hydrogen) atoms. The number of fused-ring (bicyclic) bond motifs is 3. The van der Waals surface area contributed by atoms with E-state index in [9.17, 15) is 15.3 Å². The zero-order valence-electron chi connectivity index (χ0n) is 32.8. The van der Waals surface area contributed by atoms with Gasteiger partial charge in [0.05, 0.1) is 23.4 Å². The van der Waals surface area contributed by atoms with E-state index < -0.39 is 5.60 Å². The lowest BCUT2D eigenvalue weighted by Gasteiger charge is -2.59. The lowest BCUT2D eigenvalue weighted by atomic mass is 9.45. The fourth-order valence-electron chi connectivity index (χ4n) is 12.8. The number of aliphatic imine (C=N–C) groups is 2. The Morgan fingerprint density at radius 1 is 0.962 bits per heavy atom. The highest BCUT2D eigenvalue weighted by molar-refractivity contribution is 5.81. The molecule has 0 unspecified atom stereocenters. The van der Waals surface area contributed by atoms with Crippen molar-refractivity contribution in [3.8, 4) is 5.75 Å². The molecule has 1 aromatic rings. The van der Waals surface area contributed by atoms with Crippen molar-refractivity contribution in [3.05, 3.63) is 42.0 Å². The topological polar surface area (TPSA) is 174 Å². The Kier molecular flexibility index (Phi) is 10.7. The van der Waals surface area contributed by atoms with Crippen LogP contribution in [0.4, 0.5) is 0 Å². The summed E-state index contributed by atoms with van der Waals surface area (Å²) in [6.45, 7) is 9.83. The van der Waals surface area contributed by atoms with Crippen molar-refractivity contribution >= 4 is 11.9 Å². The number of epoxide rings is 1. The van der Waals surface area contributed by atoms with Gasteiger partial charge < -0.3 is 42.2 Å². The van der Waals surface area contributed by atoms with Crippen LogP contribution in [0.1, 0.15) is 116 Å². The van der Waals surface area contributed by atoms with Crippen molar-refractivity contribution in [2.75, 3.05) is 14.1 Å². The molecule has 0 radical (unpaired) electrons. The number of hydrogen-bond donors (Lipinski definition) is 7. The van der Waals surface area contributed by atoms with Crippen molar-refractivity contribution in [3.63, 3.8) is 0 Å². The lowest BCUT2D eigenvalue weighted by molar-refractivity contribution is -0.0831. The van der Waals surface area contributed by atoms with E-state index in [-0.39, 0.29) is 40.7 Å². The first-order chi connectivity index (χ1) is 25.2. The zero-order chi connectivity index (χ0) is 37.8. The molecule has 1 spiro atoms. The number of phenolic OH excluding ortho intramolecular Hbond substituents is 1. The van der Waals surface area contributed by atoms with E-state index in [1.54, 1.807) is 26.2 Å². The van der Waals surface area contributed by atoms with Gasteiger partial charge in [0.25, 0.3) is 0 Å². The Balaban J connectivity index is 1.09. The molecule has 1 aliphatic heterocycles. The molecule has 294 valence electrons. The molecule has 1 aromatic carbocycles. The summed E-state index contributed by atoms with van der Waals surface area (Å²) in [5.74, 6) is 3.92. The summed E-state index contributed by atoms with van der Waals surface area (Å²) >= 11 is 0. The van der Waals surface area contributed by atoms with Crippen LogP contribution in [0.3, 0.4) is 0 Å². The van der Waals surface area contributed by atoms with Gasteiger partial charge >= 0.3 is 0 Å². The number of aliphatic hydroxyl groups is 2. The molecule has 9 N–H and O–H groups in total. The molecule has 1 heterocycles. The van der Waals surface area contributed by atoms with Gasteiger partial charge in [-0.05, 0) is 162 Å². The van der Waals surface area contributed by atoms with E-state index >= 15 is 0 Å². The van der Waals surface area contributed by atoms with Crippen LogP contribution in [0.25, 0.3) is 0 Å². The highest BCUT2D eigenvalue weighted by Gasteiger charge is 2.67. The summed E-state index contributed by atoms with van der Waals surface area (Å²) in [5, 5.41) is 38.4. The first-order valence-corrected chi connectivity index (χ1v) is 20.7. The monoisotopic (exact) mass is 733 g/mol. The smallest absolute Gasteiger partial charge is 0.189 e. The predicted octanol–water partition coefficient (Wildman–Crippen LogP) is 5.74. The highest BCUT2D eigenvalue weighted by atomic mass is 16.6. The molecule has 6 fully saturated rings. The lowest BCUT2D eigenvalue weighted by Crippen LogP contribution is -2.56. The van der Waals surface area contributed by atoms with Crippen LogP contribution in [-0.2, 0) is 11.2 Å². The molecule has 10 heteroatoms. The molecule has 12 atom stereocenters. The standard InChI is InChI=1S/C43H68N6O4/c1-26-22-42(17-12-28(23-42)13-18-43(52)15-6-7-32(51)24-43)37-41(3,53-37)16-14-34-33(26)25-40(34,2)35-21-30(36(48-38(44)46-4)49-39(45)47-5)20-29(35)19-27-8-10-31(50)11-9-27/h8-11,28-30,32-37,50-52H,1,6-7,12-25H2,2-5H3,(H3,44,46,48)(H3,45,47,49)/t28-,29-,30-,32-,33+,34+,35-,37+,40-,41+,42+,43+/m0/s1. The molecule has 5 aliphatic carbocycles. The van der Waals surface area contributed by atoms with E-state index in [2.05, 4.69) is 46.6 Å². The second-order valence-corrected chi connectivity index (χ2v) is 19.0. The van der Waals surface area contributed by atoms with Crippen LogP contribution in [0.5, 0.6) is 5.75 Å². The molecular formula is C43H68N6O4. The van der Waals surface area contributed by atoms with E-state index in [1.165, 1.54) is 30.4 Å². The van der Waals surface area contributed by atoms with Crippen molar-refractivity contribution in [2.45, 2.75) is 146 Å². The van der Waals surface area contributed by atoms with Crippen molar-refractivity contribution in [2.24, 2.45) is 67.8 Å². The molecule has 0 bridgehead atoms. The number of nitrogens with one attached hydrogen (secondary N) is 2. The van der Waals surface area contributed by atoms with Gasteiger partial charge in [-0.15, -0.1) is 0 Å². The van der Waals surface area contributed by atoms with Crippen molar-refractivity contribution in [1.29, 1.82) is 0 Å². The summed E-state index contributed by atoms with van der Waals surface area (Å²) in [5.41, 5.74) is 14.7. The number of hydrogen-bond acceptors (Lipinski definition) is 6. The van der Waals surface area contributed by atoms with Gasteiger partial charge in [-0.1, -0.05) is 31.2 Å². The number of aromatic hydroxyl groups is 1. The van der Waals surface area contributed by atoms with Gasteiger partial charge in [-0.3, -0.25) is 9.98 Å². The number of guanidine groups is 2. The van der Waals surface area contributed by atoms with Gasteiger partial charge in [0.15, 0.2) is 11.9 Å². The third-order valence-electron chi connectivity index (χ3n) is 15.6. The molecular weight excluding hydrogens is 665 g/mol. The van der Waals surface area contributed by atoms with Crippen LogP contribution in [0, 0.1) is 46.3 Å². The maximum absolute atomic E-state index is 11.3. The minimum absolute atomic E-state index is 0.0805. The molecule has 10 nitrogen and oxygen atoms in total. The largest absolute Gasteiger partial charge is 0.508 e. The van der Waals surface area contributed by atoms with E-state index in [1.807, 2.05) is 0 Å². The van der Waals surface area contributed by atoms with Crippen LogP contribution >= 0.6 is 0 Å². The summed E-state index contributed by atoms with van der Waals surface area (Å²) in [6.07, 6.45) is 15.6. The van der Waals surface area contributed by atoms with Gasteiger partial charge in [-0.25, -0.2) is 0 Å².